The highest BCUT2D eigenvalue weighted by Crippen LogP contribution is 2.31. The third-order valence-electron chi connectivity index (χ3n) is 2.61. The number of halogens is 1. The molecule has 1 N–H and O–H groups in total. The van der Waals surface area contributed by atoms with Gasteiger partial charge in [-0.15, -0.1) is 0 Å². The molecule has 1 aromatic carbocycles. The van der Waals surface area contributed by atoms with E-state index in [9.17, 15) is 0 Å². The van der Waals surface area contributed by atoms with E-state index in [1.54, 1.807) is 11.8 Å². The van der Waals surface area contributed by atoms with Gasteiger partial charge in [0, 0.05) is 16.5 Å². The molecule has 0 amide bonds. The Labute approximate surface area is 133 Å². The Kier molecular flexibility index (Phi) is 5.84. The molecule has 1 heterocycles. The third kappa shape index (κ3) is 4.74. The van der Waals surface area contributed by atoms with Gasteiger partial charge in [-0.2, -0.15) is 4.37 Å². The fourth-order valence-electron chi connectivity index (χ4n) is 1.65. The number of aromatic nitrogens is 2. The van der Waals surface area contributed by atoms with Crippen LogP contribution in [-0.4, -0.2) is 15.9 Å². The molecular weight excluding hydrogens is 310 g/mol. The minimum absolute atomic E-state index is 0.643. The fourth-order valence-corrected chi connectivity index (χ4v) is 3.63. The van der Waals surface area contributed by atoms with Crippen molar-refractivity contribution < 1.29 is 0 Å². The Morgan fingerprint density at radius 1 is 1.40 bits per heavy atom. The minimum Gasteiger partial charge on any atom is -0.312 e. The monoisotopic (exact) mass is 327 g/mol. The van der Waals surface area contributed by atoms with E-state index in [2.05, 4.69) is 40.7 Å². The molecule has 0 radical (unpaired) electrons. The van der Waals surface area contributed by atoms with Crippen LogP contribution in [0.15, 0.2) is 27.4 Å². The van der Waals surface area contributed by atoms with Crippen LogP contribution in [0, 0.1) is 12.8 Å². The lowest BCUT2D eigenvalue weighted by Crippen LogP contribution is -2.19. The molecule has 6 heteroatoms. The summed E-state index contributed by atoms with van der Waals surface area (Å²) >= 11 is 9.35. The molecule has 0 saturated heterocycles. The maximum absolute atomic E-state index is 6.33. The fraction of sp³-hybridized carbons (Fsp3) is 0.429. The number of hydrogen-bond acceptors (Lipinski definition) is 5. The van der Waals surface area contributed by atoms with Gasteiger partial charge in [0.05, 0.1) is 0 Å². The maximum Gasteiger partial charge on any atom is 0.174 e. The summed E-state index contributed by atoms with van der Waals surface area (Å²) in [5, 5.41) is 4.20. The van der Waals surface area contributed by atoms with Crippen LogP contribution in [0.3, 0.4) is 0 Å². The predicted octanol–water partition coefficient (Wildman–Crippen LogP) is 4.40. The van der Waals surface area contributed by atoms with Crippen molar-refractivity contribution in [2.45, 2.75) is 36.6 Å². The van der Waals surface area contributed by atoms with Gasteiger partial charge in [0.2, 0.25) is 0 Å². The summed E-state index contributed by atoms with van der Waals surface area (Å²) in [6.45, 7) is 8.09. The number of nitrogens with zero attached hydrogens (tertiary/aromatic N) is 2. The lowest BCUT2D eigenvalue weighted by Gasteiger charge is -2.09. The summed E-state index contributed by atoms with van der Waals surface area (Å²) in [4.78, 5) is 5.44. The summed E-state index contributed by atoms with van der Waals surface area (Å²) in [5.41, 5.74) is 1.13. The average Bonchev–Trinajstić information content (AvgIpc) is 2.77. The van der Waals surface area contributed by atoms with Gasteiger partial charge in [0.15, 0.2) is 4.34 Å². The quantitative estimate of drug-likeness (QED) is 0.853. The second-order valence-electron chi connectivity index (χ2n) is 4.99. The third-order valence-corrected chi connectivity index (χ3v) is 4.79. The molecule has 0 bridgehead atoms. The second-order valence-corrected chi connectivity index (χ2v) is 7.47. The molecule has 0 fully saturated rings. The standard InChI is InChI=1S/C14H18ClN3S2/c1-9(2)7-16-8-11-4-5-12(6-13(11)15)19-14-17-10(3)18-20-14/h4-6,9,16H,7-8H2,1-3H3. The zero-order valence-corrected chi connectivity index (χ0v) is 14.2. The molecular formula is C14H18ClN3S2. The van der Waals surface area contributed by atoms with Gasteiger partial charge < -0.3 is 5.32 Å². The number of rotatable bonds is 6. The molecule has 3 nitrogen and oxygen atoms in total. The average molecular weight is 328 g/mol. The lowest BCUT2D eigenvalue weighted by atomic mass is 10.2. The molecule has 108 valence electrons. The Bertz CT molecular complexity index is 569. The topological polar surface area (TPSA) is 37.8 Å². The van der Waals surface area contributed by atoms with Crippen LogP contribution in [-0.2, 0) is 6.54 Å². The van der Waals surface area contributed by atoms with Crippen LogP contribution in [0.2, 0.25) is 5.02 Å². The molecule has 0 atom stereocenters. The summed E-state index contributed by atoms with van der Waals surface area (Å²) in [7, 11) is 0. The van der Waals surface area contributed by atoms with Crippen LogP contribution < -0.4 is 5.32 Å². The zero-order valence-electron chi connectivity index (χ0n) is 11.8. The Hall–Kier alpha value is -0.620. The van der Waals surface area contributed by atoms with Crippen LogP contribution in [0.4, 0.5) is 0 Å². The van der Waals surface area contributed by atoms with Gasteiger partial charge in [-0.1, -0.05) is 43.3 Å². The van der Waals surface area contributed by atoms with Gasteiger partial charge in [0.1, 0.15) is 5.82 Å². The van der Waals surface area contributed by atoms with Crippen LogP contribution >= 0.6 is 34.9 Å². The van der Waals surface area contributed by atoms with E-state index in [4.69, 9.17) is 11.6 Å². The molecule has 1 aromatic heterocycles. The van der Waals surface area contributed by atoms with E-state index in [0.717, 1.165) is 38.7 Å². The largest absolute Gasteiger partial charge is 0.312 e. The summed E-state index contributed by atoms with van der Waals surface area (Å²) in [6.07, 6.45) is 0. The second kappa shape index (κ2) is 7.41. The summed E-state index contributed by atoms with van der Waals surface area (Å²) in [6, 6.07) is 6.15. The highest BCUT2D eigenvalue weighted by molar-refractivity contribution is 8.01. The number of benzene rings is 1. The summed E-state index contributed by atoms with van der Waals surface area (Å²) < 4.78 is 5.12. The van der Waals surface area contributed by atoms with Gasteiger partial charge in [-0.25, -0.2) is 4.98 Å². The van der Waals surface area contributed by atoms with Crippen molar-refractivity contribution in [3.8, 4) is 0 Å². The molecule has 0 aliphatic carbocycles. The summed E-state index contributed by atoms with van der Waals surface area (Å²) in [5.74, 6) is 1.46. The predicted molar refractivity (Wildman–Crippen MR) is 86.8 cm³/mol. The van der Waals surface area contributed by atoms with E-state index >= 15 is 0 Å². The van der Waals surface area contributed by atoms with Crippen molar-refractivity contribution in [3.63, 3.8) is 0 Å². The van der Waals surface area contributed by atoms with Crippen molar-refractivity contribution in [2.24, 2.45) is 5.92 Å². The minimum atomic E-state index is 0.643. The molecule has 0 saturated carbocycles. The van der Waals surface area contributed by atoms with E-state index in [0.29, 0.717) is 5.92 Å². The van der Waals surface area contributed by atoms with Gasteiger partial charge >= 0.3 is 0 Å². The number of nitrogens with one attached hydrogen (secondary N) is 1. The van der Waals surface area contributed by atoms with Crippen molar-refractivity contribution >= 4 is 34.9 Å². The Balaban J connectivity index is 1.98. The molecule has 20 heavy (non-hydrogen) atoms. The number of hydrogen-bond donors (Lipinski definition) is 1. The van der Waals surface area contributed by atoms with Gasteiger partial charge in [-0.05, 0) is 48.6 Å². The zero-order chi connectivity index (χ0) is 14.5. The first-order valence-electron chi connectivity index (χ1n) is 6.52. The molecule has 0 aliphatic rings. The van der Waals surface area contributed by atoms with Crippen molar-refractivity contribution in [2.75, 3.05) is 6.54 Å². The van der Waals surface area contributed by atoms with Gasteiger partial charge in [-0.3, -0.25) is 0 Å². The first kappa shape index (κ1) is 15.8. The Morgan fingerprint density at radius 3 is 2.80 bits per heavy atom. The first-order valence-corrected chi connectivity index (χ1v) is 8.48. The van der Waals surface area contributed by atoms with Crippen LogP contribution in [0.25, 0.3) is 0 Å². The lowest BCUT2D eigenvalue weighted by molar-refractivity contribution is 0.552. The normalized spacial score (nSPS) is 11.2. The SMILES string of the molecule is Cc1nsc(Sc2ccc(CNCC(C)C)c(Cl)c2)n1. The highest BCUT2D eigenvalue weighted by Gasteiger charge is 2.06. The highest BCUT2D eigenvalue weighted by atomic mass is 35.5. The van der Waals surface area contributed by atoms with Crippen molar-refractivity contribution in [1.82, 2.24) is 14.7 Å². The van der Waals surface area contributed by atoms with E-state index < -0.39 is 0 Å². The van der Waals surface area contributed by atoms with E-state index in [-0.39, 0.29) is 0 Å². The van der Waals surface area contributed by atoms with Crippen molar-refractivity contribution in [1.29, 1.82) is 0 Å². The maximum atomic E-state index is 6.33. The molecule has 0 aliphatic heterocycles. The molecule has 2 aromatic rings. The molecule has 0 spiro atoms. The molecule has 2 rings (SSSR count). The van der Waals surface area contributed by atoms with E-state index in [1.807, 2.05) is 13.0 Å². The van der Waals surface area contributed by atoms with Crippen molar-refractivity contribution in [3.05, 3.63) is 34.6 Å². The van der Waals surface area contributed by atoms with Gasteiger partial charge in [0.25, 0.3) is 0 Å². The smallest absolute Gasteiger partial charge is 0.174 e. The van der Waals surface area contributed by atoms with Crippen LogP contribution in [0.5, 0.6) is 0 Å². The Morgan fingerprint density at radius 2 is 2.20 bits per heavy atom. The molecule has 0 unspecified atom stereocenters. The van der Waals surface area contributed by atoms with E-state index in [1.165, 1.54) is 11.5 Å². The first-order chi connectivity index (χ1) is 9.54. The van der Waals surface area contributed by atoms with Crippen LogP contribution in [0.1, 0.15) is 25.2 Å². The number of aryl methyl sites for hydroxylation is 1.